The Morgan fingerprint density at radius 1 is 1.38 bits per heavy atom. The van der Waals surface area contributed by atoms with E-state index < -0.39 is 10.9 Å². The molecule has 2 rings (SSSR count). The van der Waals surface area contributed by atoms with E-state index in [4.69, 9.17) is 5.73 Å². The zero-order valence-electron chi connectivity index (χ0n) is 11.2. The third kappa shape index (κ3) is 2.76. The van der Waals surface area contributed by atoms with Gasteiger partial charge in [-0.05, 0) is 22.9 Å². The van der Waals surface area contributed by atoms with E-state index >= 15 is 0 Å². The van der Waals surface area contributed by atoms with Crippen molar-refractivity contribution < 1.29 is 14.5 Å². The van der Waals surface area contributed by atoms with Crippen molar-refractivity contribution in [3.8, 4) is 11.4 Å². The van der Waals surface area contributed by atoms with Crippen LogP contribution in [0.15, 0.2) is 18.3 Å². The number of hydrogen-bond donors (Lipinski definition) is 1. The second-order valence-corrected chi connectivity index (χ2v) is 4.06. The predicted octanol–water partition coefficient (Wildman–Crippen LogP) is 1.12. The molecule has 2 aromatic rings. The molecule has 0 spiro atoms. The molecular weight excluding hydrogens is 278 g/mol. The van der Waals surface area contributed by atoms with Crippen molar-refractivity contribution in [3.05, 3.63) is 39.7 Å². The summed E-state index contributed by atoms with van der Waals surface area (Å²) in [7, 11) is 1.23. The number of pyridine rings is 1. The number of carbonyl (C=O) groups is 1. The first-order valence-electron chi connectivity index (χ1n) is 5.77. The third-order valence-corrected chi connectivity index (χ3v) is 2.76. The molecule has 0 aliphatic heterocycles. The Morgan fingerprint density at radius 3 is 2.62 bits per heavy atom. The van der Waals surface area contributed by atoms with E-state index in [1.54, 1.807) is 6.92 Å². The van der Waals surface area contributed by atoms with Gasteiger partial charge in [0.05, 0.1) is 12.7 Å². The average Bonchev–Trinajstić information content (AvgIpc) is 2.49. The Kier molecular flexibility index (Phi) is 3.74. The van der Waals surface area contributed by atoms with Crippen LogP contribution in [0.3, 0.4) is 0 Å². The maximum absolute atomic E-state index is 11.6. The molecule has 2 heterocycles. The molecule has 0 saturated heterocycles. The maximum Gasteiger partial charge on any atom is 0.363 e. The van der Waals surface area contributed by atoms with Gasteiger partial charge in [-0.2, -0.15) is 0 Å². The lowest BCUT2D eigenvalue weighted by atomic mass is 10.2. The van der Waals surface area contributed by atoms with E-state index in [2.05, 4.69) is 19.7 Å². The van der Waals surface area contributed by atoms with E-state index in [0.717, 1.165) is 0 Å². The predicted molar refractivity (Wildman–Crippen MR) is 72.4 cm³/mol. The molecule has 0 unspecified atom stereocenters. The Balaban J connectivity index is 2.51. The number of methoxy groups -OCH3 is 1. The third-order valence-electron chi connectivity index (χ3n) is 2.76. The summed E-state index contributed by atoms with van der Waals surface area (Å²) >= 11 is 0. The van der Waals surface area contributed by atoms with Crippen LogP contribution in [0.1, 0.15) is 16.1 Å². The minimum absolute atomic E-state index is 0.0401. The number of hydrogen-bond acceptors (Lipinski definition) is 8. The molecule has 2 N–H and O–H groups in total. The summed E-state index contributed by atoms with van der Waals surface area (Å²) in [6.07, 6.45) is 1.24. The fourth-order valence-corrected chi connectivity index (χ4v) is 1.58. The van der Waals surface area contributed by atoms with Crippen molar-refractivity contribution in [2.24, 2.45) is 0 Å². The van der Waals surface area contributed by atoms with E-state index in [9.17, 15) is 14.9 Å². The molecule has 2 aromatic heterocycles. The fourth-order valence-electron chi connectivity index (χ4n) is 1.58. The number of ether oxygens (including phenoxy) is 1. The van der Waals surface area contributed by atoms with E-state index in [1.165, 1.54) is 25.4 Å². The molecule has 0 saturated carbocycles. The van der Waals surface area contributed by atoms with Gasteiger partial charge in [-0.25, -0.2) is 14.8 Å². The van der Waals surface area contributed by atoms with Crippen molar-refractivity contribution in [2.45, 2.75) is 6.92 Å². The van der Waals surface area contributed by atoms with Crippen molar-refractivity contribution in [1.82, 2.24) is 15.0 Å². The first-order chi connectivity index (χ1) is 9.93. The van der Waals surface area contributed by atoms with Crippen molar-refractivity contribution in [3.63, 3.8) is 0 Å². The van der Waals surface area contributed by atoms with Crippen LogP contribution < -0.4 is 5.73 Å². The number of nitro groups is 1. The van der Waals surface area contributed by atoms with Crippen LogP contribution in [0.25, 0.3) is 11.4 Å². The monoisotopic (exact) mass is 289 g/mol. The quantitative estimate of drug-likeness (QED) is 0.504. The molecule has 0 atom stereocenters. The zero-order chi connectivity index (χ0) is 15.6. The van der Waals surface area contributed by atoms with Crippen LogP contribution in [0.2, 0.25) is 0 Å². The number of nitrogens with zero attached hydrogens (tertiary/aromatic N) is 4. The lowest BCUT2D eigenvalue weighted by Crippen LogP contribution is -2.11. The van der Waals surface area contributed by atoms with E-state index in [1.807, 2.05) is 0 Å². The molecular formula is C12H11N5O4. The lowest BCUT2D eigenvalue weighted by Gasteiger charge is -2.07. The summed E-state index contributed by atoms with van der Waals surface area (Å²) in [5.74, 6) is -0.676. The van der Waals surface area contributed by atoms with Gasteiger partial charge < -0.3 is 20.6 Å². The summed E-state index contributed by atoms with van der Waals surface area (Å²) in [6, 6.07) is 2.64. The zero-order valence-corrected chi connectivity index (χ0v) is 11.2. The topological polar surface area (TPSA) is 134 Å². The average molecular weight is 289 g/mol. The fraction of sp³-hybridized carbons (Fsp3) is 0.167. The van der Waals surface area contributed by atoms with Crippen LogP contribution >= 0.6 is 0 Å². The Hall–Kier alpha value is -3.10. The molecule has 0 aliphatic rings. The molecule has 9 heteroatoms. The number of anilines is 1. The van der Waals surface area contributed by atoms with Gasteiger partial charge in [-0.15, -0.1) is 0 Å². The van der Waals surface area contributed by atoms with Crippen LogP contribution in [-0.4, -0.2) is 33.0 Å². The van der Waals surface area contributed by atoms with Gasteiger partial charge in [0.2, 0.25) is 0 Å². The highest BCUT2D eigenvalue weighted by molar-refractivity contribution is 5.90. The molecule has 0 bridgehead atoms. The van der Waals surface area contributed by atoms with E-state index in [-0.39, 0.29) is 23.2 Å². The molecule has 21 heavy (non-hydrogen) atoms. The largest absolute Gasteiger partial charge is 0.464 e. The SMILES string of the molecule is COC(=O)c1nc(-c2ccc([N+](=O)[O-])nc2)nc(N)c1C. The molecule has 108 valence electrons. The number of esters is 1. The van der Waals surface area contributed by atoms with Gasteiger partial charge in [0.1, 0.15) is 5.82 Å². The molecule has 9 nitrogen and oxygen atoms in total. The second kappa shape index (κ2) is 5.49. The van der Waals surface area contributed by atoms with Gasteiger partial charge in [0.25, 0.3) is 0 Å². The van der Waals surface area contributed by atoms with E-state index in [0.29, 0.717) is 11.1 Å². The first kappa shape index (κ1) is 14.3. The highest BCUT2D eigenvalue weighted by Gasteiger charge is 2.18. The molecule has 0 amide bonds. The van der Waals surface area contributed by atoms with Crippen LogP contribution in [0.4, 0.5) is 11.6 Å². The highest BCUT2D eigenvalue weighted by Crippen LogP contribution is 2.21. The maximum atomic E-state index is 11.6. The Morgan fingerprint density at radius 2 is 2.10 bits per heavy atom. The normalized spacial score (nSPS) is 10.2. The Bertz CT molecular complexity index is 714. The van der Waals surface area contributed by atoms with Crippen LogP contribution in [0, 0.1) is 17.0 Å². The number of carbonyl (C=O) groups excluding carboxylic acids is 1. The number of nitrogens with two attached hydrogens (primary N) is 1. The van der Waals surface area contributed by atoms with Gasteiger partial charge in [-0.1, -0.05) is 0 Å². The minimum Gasteiger partial charge on any atom is -0.464 e. The first-order valence-corrected chi connectivity index (χ1v) is 5.77. The van der Waals surface area contributed by atoms with Gasteiger partial charge in [0, 0.05) is 11.6 Å². The Labute approximate surface area is 119 Å². The molecule has 0 aromatic carbocycles. The van der Waals surface area contributed by atoms with Gasteiger partial charge in [-0.3, -0.25) is 0 Å². The standard InChI is InChI=1S/C12H11N5O4/c1-6-9(12(18)21-2)15-11(16-10(6)13)7-3-4-8(14-5-7)17(19)20/h3-5H,1-2H3,(H2,13,15,16). The molecule has 0 aliphatic carbocycles. The number of rotatable bonds is 3. The van der Waals surface area contributed by atoms with Crippen molar-refractivity contribution in [1.29, 1.82) is 0 Å². The smallest absolute Gasteiger partial charge is 0.363 e. The number of nitrogen functional groups attached to an aromatic ring is 1. The van der Waals surface area contributed by atoms with Gasteiger partial charge >= 0.3 is 11.8 Å². The minimum atomic E-state index is -0.641. The summed E-state index contributed by atoms with van der Waals surface area (Å²) in [4.78, 5) is 33.4. The van der Waals surface area contributed by atoms with Crippen molar-refractivity contribution in [2.75, 3.05) is 12.8 Å². The molecule has 0 radical (unpaired) electrons. The van der Waals surface area contributed by atoms with Crippen LogP contribution in [-0.2, 0) is 4.74 Å². The van der Waals surface area contributed by atoms with Gasteiger partial charge in [0.15, 0.2) is 17.7 Å². The summed E-state index contributed by atoms with van der Waals surface area (Å²) in [6.45, 7) is 1.60. The second-order valence-electron chi connectivity index (χ2n) is 4.06. The summed E-state index contributed by atoms with van der Waals surface area (Å²) < 4.78 is 4.62. The molecule has 0 fully saturated rings. The summed E-state index contributed by atoms with van der Waals surface area (Å²) in [5, 5.41) is 10.6. The highest BCUT2D eigenvalue weighted by atomic mass is 16.6. The lowest BCUT2D eigenvalue weighted by molar-refractivity contribution is -0.389. The number of aromatic nitrogens is 3. The van der Waals surface area contributed by atoms with Crippen molar-refractivity contribution >= 4 is 17.6 Å². The summed E-state index contributed by atoms with van der Waals surface area (Å²) in [5.41, 5.74) is 6.59. The van der Waals surface area contributed by atoms with Crippen LogP contribution in [0.5, 0.6) is 0 Å².